The first-order chi connectivity index (χ1) is 12.2. The van der Waals surface area contributed by atoms with E-state index in [9.17, 15) is 4.79 Å². The summed E-state index contributed by atoms with van der Waals surface area (Å²) in [6.07, 6.45) is 4.33. The number of hydrogen-bond donors (Lipinski definition) is 0. The summed E-state index contributed by atoms with van der Waals surface area (Å²) in [5, 5.41) is 2.02. The van der Waals surface area contributed by atoms with Gasteiger partial charge in [-0.2, -0.15) is 0 Å². The van der Waals surface area contributed by atoms with E-state index < -0.39 is 0 Å². The fourth-order valence-electron chi connectivity index (χ4n) is 3.62. The van der Waals surface area contributed by atoms with E-state index in [-0.39, 0.29) is 11.5 Å². The van der Waals surface area contributed by atoms with Gasteiger partial charge in [-0.25, -0.2) is 9.86 Å². The van der Waals surface area contributed by atoms with Gasteiger partial charge in [-0.15, -0.1) is 0 Å². The lowest BCUT2D eigenvalue weighted by Gasteiger charge is -2.38. The molecule has 0 saturated heterocycles. The summed E-state index contributed by atoms with van der Waals surface area (Å²) < 4.78 is 4.77. The van der Waals surface area contributed by atoms with Gasteiger partial charge in [0.05, 0.1) is 30.5 Å². The molecule has 1 spiro atoms. The lowest BCUT2D eigenvalue weighted by Crippen LogP contribution is -2.41. The number of hydrogen-bond acceptors (Lipinski definition) is 4. The van der Waals surface area contributed by atoms with Crippen LogP contribution in [-0.4, -0.2) is 25.2 Å². The van der Waals surface area contributed by atoms with Gasteiger partial charge < -0.3 is 4.74 Å². The highest BCUT2D eigenvalue weighted by Crippen LogP contribution is 2.55. The topological polar surface area (TPSA) is 38.8 Å². The standard InChI is InChI=1S/C21H21NO3/c1-15-5-3-4-6-18(15)19-11-14-25-22(21(19)12-13-21)17-9-7-16(8-10-17)20(23)24-2/h3-11H,12-14H2,1-2H3. The van der Waals surface area contributed by atoms with Crippen LogP contribution in [0.2, 0.25) is 0 Å². The number of hydroxylamine groups is 1. The molecule has 0 radical (unpaired) electrons. The Kier molecular flexibility index (Phi) is 3.85. The highest BCUT2D eigenvalue weighted by Gasteiger charge is 2.54. The van der Waals surface area contributed by atoms with Crippen LogP contribution in [-0.2, 0) is 9.57 Å². The highest BCUT2D eigenvalue weighted by atomic mass is 16.7. The molecule has 1 heterocycles. The monoisotopic (exact) mass is 335 g/mol. The number of ether oxygens (including phenoxy) is 1. The minimum absolute atomic E-state index is 0.100. The molecule has 2 aromatic rings. The number of rotatable bonds is 3. The number of carbonyl (C=O) groups excluding carboxylic acids is 1. The minimum atomic E-state index is -0.326. The summed E-state index contributed by atoms with van der Waals surface area (Å²) in [5.41, 5.74) is 5.32. The van der Waals surface area contributed by atoms with E-state index in [2.05, 4.69) is 37.3 Å². The average Bonchev–Trinajstić information content (AvgIpc) is 3.43. The molecular formula is C21H21NO3. The third-order valence-corrected chi connectivity index (χ3v) is 5.06. The summed E-state index contributed by atoms with van der Waals surface area (Å²) in [6, 6.07) is 15.9. The Hall–Kier alpha value is -2.59. The minimum Gasteiger partial charge on any atom is -0.465 e. The van der Waals surface area contributed by atoms with Gasteiger partial charge in [-0.05, 0) is 60.7 Å². The second kappa shape index (κ2) is 6.05. The van der Waals surface area contributed by atoms with E-state index in [1.165, 1.54) is 23.8 Å². The average molecular weight is 335 g/mol. The van der Waals surface area contributed by atoms with Gasteiger partial charge in [-0.3, -0.25) is 4.84 Å². The molecule has 1 aliphatic heterocycles. The van der Waals surface area contributed by atoms with Crippen LogP contribution in [0.1, 0.15) is 34.3 Å². The quantitative estimate of drug-likeness (QED) is 0.790. The Morgan fingerprint density at radius 1 is 1.12 bits per heavy atom. The van der Waals surface area contributed by atoms with Crippen LogP contribution in [0.5, 0.6) is 0 Å². The molecule has 0 bridgehead atoms. The zero-order chi connectivity index (χ0) is 17.4. The van der Waals surface area contributed by atoms with E-state index >= 15 is 0 Å². The highest BCUT2D eigenvalue weighted by molar-refractivity contribution is 5.90. The Morgan fingerprint density at radius 3 is 2.48 bits per heavy atom. The lowest BCUT2D eigenvalue weighted by atomic mass is 9.91. The molecule has 0 unspecified atom stereocenters. The molecule has 0 aromatic heterocycles. The normalized spacial score (nSPS) is 18.0. The summed E-state index contributed by atoms with van der Waals surface area (Å²) in [6.45, 7) is 2.70. The number of nitrogens with zero attached hydrogens (tertiary/aromatic N) is 1. The van der Waals surface area contributed by atoms with Crippen LogP contribution >= 0.6 is 0 Å². The van der Waals surface area contributed by atoms with Crippen LogP contribution in [0.4, 0.5) is 5.69 Å². The number of benzene rings is 2. The van der Waals surface area contributed by atoms with E-state index in [0.717, 1.165) is 18.5 Å². The third-order valence-electron chi connectivity index (χ3n) is 5.06. The third kappa shape index (κ3) is 2.63. The zero-order valence-electron chi connectivity index (χ0n) is 14.5. The predicted molar refractivity (Wildman–Crippen MR) is 97.3 cm³/mol. The fraction of sp³-hybridized carbons (Fsp3) is 0.286. The summed E-state index contributed by atoms with van der Waals surface area (Å²) >= 11 is 0. The number of esters is 1. The Morgan fingerprint density at radius 2 is 1.84 bits per heavy atom. The number of aryl methyl sites for hydroxylation is 1. The number of methoxy groups -OCH3 is 1. The van der Waals surface area contributed by atoms with Gasteiger partial charge in [-0.1, -0.05) is 30.3 Å². The van der Waals surface area contributed by atoms with Crippen molar-refractivity contribution in [3.63, 3.8) is 0 Å². The van der Waals surface area contributed by atoms with Gasteiger partial charge in [0.15, 0.2) is 0 Å². The van der Waals surface area contributed by atoms with E-state index in [1.807, 2.05) is 17.2 Å². The van der Waals surface area contributed by atoms with Crippen molar-refractivity contribution in [3.8, 4) is 0 Å². The first kappa shape index (κ1) is 15.9. The van der Waals surface area contributed by atoms with Crippen molar-refractivity contribution < 1.29 is 14.4 Å². The second-order valence-corrected chi connectivity index (χ2v) is 6.59. The van der Waals surface area contributed by atoms with Crippen molar-refractivity contribution >= 4 is 17.2 Å². The fourth-order valence-corrected chi connectivity index (χ4v) is 3.62. The van der Waals surface area contributed by atoms with Crippen LogP contribution < -0.4 is 5.06 Å². The van der Waals surface area contributed by atoms with Gasteiger partial charge in [0, 0.05) is 0 Å². The van der Waals surface area contributed by atoms with Crippen molar-refractivity contribution in [2.75, 3.05) is 18.8 Å². The molecular weight excluding hydrogens is 314 g/mol. The molecule has 0 atom stereocenters. The van der Waals surface area contributed by atoms with Crippen molar-refractivity contribution in [1.82, 2.24) is 0 Å². The zero-order valence-corrected chi connectivity index (χ0v) is 14.5. The Labute approximate surface area is 147 Å². The van der Waals surface area contributed by atoms with Gasteiger partial charge >= 0.3 is 5.97 Å². The molecule has 2 aliphatic rings. The summed E-state index contributed by atoms with van der Waals surface area (Å²) in [4.78, 5) is 17.6. The largest absolute Gasteiger partial charge is 0.465 e. The second-order valence-electron chi connectivity index (χ2n) is 6.59. The van der Waals surface area contributed by atoms with Crippen molar-refractivity contribution in [3.05, 3.63) is 71.3 Å². The van der Waals surface area contributed by atoms with Gasteiger partial charge in [0.25, 0.3) is 0 Å². The maximum Gasteiger partial charge on any atom is 0.337 e. The van der Waals surface area contributed by atoms with Crippen LogP contribution in [0.15, 0.2) is 54.6 Å². The van der Waals surface area contributed by atoms with E-state index in [0.29, 0.717) is 12.2 Å². The molecule has 25 heavy (non-hydrogen) atoms. The summed E-state index contributed by atoms with van der Waals surface area (Å²) in [5.74, 6) is -0.326. The van der Waals surface area contributed by atoms with Crippen LogP contribution in [0.25, 0.3) is 5.57 Å². The van der Waals surface area contributed by atoms with E-state index in [4.69, 9.17) is 9.57 Å². The Bertz CT molecular complexity index is 834. The molecule has 2 aromatic carbocycles. The first-order valence-electron chi connectivity index (χ1n) is 8.54. The molecule has 4 rings (SSSR count). The SMILES string of the molecule is COC(=O)c1ccc(N2OCC=C(c3ccccc3C)C23CC3)cc1. The maximum atomic E-state index is 11.6. The van der Waals surface area contributed by atoms with Crippen LogP contribution in [0, 0.1) is 6.92 Å². The predicted octanol–water partition coefficient (Wildman–Crippen LogP) is 4.15. The molecule has 4 nitrogen and oxygen atoms in total. The Balaban J connectivity index is 1.68. The molecule has 0 amide bonds. The van der Waals surface area contributed by atoms with Crippen molar-refractivity contribution in [2.24, 2.45) is 0 Å². The van der Waals surface area contributed by atoms with E-state index in [1.54, 1.807) is 12.1 Å². The van der Waals surface area contributed by atoms with Crippen molar-refractivity contribution in [1.29, 1.82) is 0 Å². The number of carbonyl (C=O) groups is 1. The molecule has 1 aliphatic carbocycles. The first-order valence-corrected chi connectivity index (χ1v) is 8.54. The summed E-state index contributed by atoms with van der Waals surface area (Å²) in [7, 11) is 1.39. The molecule has 128 valence electrons. The molecule has 1 fully saturated rings. The van der Waals surface area contributed by atoms with Crippen molar-refractivity contribution in [2.45, 2.75) is 25.3 Å². The maximum absolute atomic E-state index is 11.6. The molecule has 0 N–H and O–H groups in total. The molecule has 1 saturated carbocycles. The van der Waals surface area contributed by atoms with Gasteiger partial charge in [0.1, 0.15) is 0 Å². The smallest absolute Gasteiger partial charge is 0.337 e. The lowest BCUT2D eigenvalue weighted by molar-refractivity contribution is 0.0600. The molecule has 4 heteroatoms. The van der Waals surface area contributed by atoms with Gasteiger partial charge in [0.2, 0.25) is 0 Å². The number of anilines is 1. The van der Waals surface area contributed by atoms with Crippen LogP contribution in [0.3, 0.4) is 0 Å².